The third kappa shape index (κ3) is 4.50. The standard InChI is InChI=1S/C46H35N5O/c1-46(2)36-21-13-27-47-45(36)51(41-26-25-40-42(43(41)46)35-20-7-9-23-38(35)50(40)31-15-5-4-6-16-31)32-17-12-19-34(29-32)52-33-18-11-14-30(28-33)44-48-37-22-8-10-24-39(37)49(44)3/h4-29H,1-3H3. The molecule has 0 atom stereocenters. The van der Waals surface area contributed by atoms with Crippen LogP contribution in [-0.4, -0.2) is 19.1 Å². The fraction of sp³-hybridized carbons (Fsp3) is 0.0870. The van der Waals surface area contributed by atoms with Crippen LogP contribution in [0.15, 0.2) is 158 Å². The number of pyridine rings is 1. The molecule has 250 valence electrons. The third-order valence-electron chi connectivity index (χ3n) is 10.6. The van der Waals surface area contributed by atoms with E-state index in [0.717, 1.165) is 56.8 Å². The SMILES string of the molecule is Cn1c(-c2cccc(Oc3cccc(N4c5ccc6c(c5C(C)(C)c5cccnc54)c4ccccc4n6-c4ccccc4)c3)c2)nc2ccccc21. The summed E-state index contributed by atoms with van der Waals surface area (Å²) in [5, 5.41) is 2.49. The molecule has 3 aromatic heterocycles. The predicted octanol–water partition coefficient (Wildman–Crippen LogP) is 11.6. The van der Waals surface area contributed by atoms with Crippen LogP contribution in [-0.2, 0) is 12.5 Å². The molecule has 4 heterocycles. The van der Waals surface area contributed by atoms with Gasteiger partial charge < -0.3 is 13.9 Å². The van der Waals surface area contributed by atoms with Crippen molar-refractivity contribution in [2.45, 2.75) is 19.3 Å². The zero-order valence-corrected chi connectivity index (χ0v) is 29.2. The Morgan fingerprint density at radius 3 is 2.19 bits per heavy atom. The second-order valence-electron chi connectivity index (χ2n) is 14.0. The van der Waals surface area contributed by atoms with Gasteiger partial charge in [0.1, 0.15) is 23.1 Å². The van der Waals surface area contributed by atoms with Gasteiger partial charge >= 0.3 is 0 Å². The highest BCUT2D eigenvalue weighted by Gasteiger charge is 2.40. The smallest absolute Gasteiger partial charge is 0.141 e. The molecule has 0 N–H and O–H groups in total. The van der Waals surface area contributed by atoms with Crippen LogP contribution >= 0.6 is 0 Å². The first-order chi connectivity index (χ1) is 25.5. The van der Waals surface area contributed by atoms with E-state index in [9.17, 15) is 0 Å². The average molecular weight is 674 g/mol. The third-order valence-corrected chi connectivity index (χ3v) is 10.6. The van der Waals surface area contributed by atoms with E-state index in [0.29, 0.717) is 0 Å². The van der Waals surface area contributed by atoms with Crippen LogP contribution in [0.25, 0.3) is 49.9 Å². The molecule has 52 heavy (non-hydrogen) atoms. The lowest BCUT2D eigenvalue weighted by atomic mass is 9.73. The van der Waals surface area contributed by atoms with Gasteiger partial charge in [-0.2, -0.15) is 0 Å². The van der Waals surface area contributed by atoms with Crippen LogP contribution in [0, 0.1) is 0 Å². The number of aromatic nitrogens is 4. The Bertz CT molecular complexity index is 2830. The minimum Gasteiger partial charge on any atom is -0.457 e. The first kappa shape index (κ1) is 30.2. The van der Waals surface area contributed by atoms with Gasteiger partial charge in [0.05, 0.1) is 33.4 Å². The monoisotopic (exact) mass is 673 g/mol. The maximum atomic E-state index is 6.60. The number of para-hydroxylation sites is 4. The van der Waals surface area contributed by atoms with Crippen LogP contribution in [0.4, 0.5) is 17.2 Å². The largest absolute Gasteiger partial charge is 0.457 e. The van der Waals surface area contributed by atoms with E-state index in [4.69, 9.17) is 14.7 Å². The molecule has 1 aliphatic heterocycles. The van der Waals surface area contributed by atoms with E-state index in [-0.39, 0.29) is 5.41 Å². The summed E-state index contributed by atoms with van der Waals surface area (Å²) in [5.74, 6) is 3.31. The number of hydrogen-bond donors (Lipinski definition) is 0. The van der Waals surface area contributed by atoms with Crippen molar-refractivity contribution in [3.05, 3.63) is 169 Å². The summed E-state index contributed by atoms with van der Waals surface area (Å²) in [7, 11) is 2.05. The van der Waals surface area contributed by atoms with E-state index in [1.54, 1.807) is 0 Å². The van der Waals surface area contributed by atoms with Crippen LogP contribution < -0.4 is 9.64 Å². The summed E-state index contributed by atoms with van der Waals surface area (Å²) in [4.78, 5) is 12.2. The summed E-state index contributed by atoms with van der Waals surface area (Å²) in [5.41, 5.74) is 10.8. The summed E-state index contributed by atoms with van der Waals surface area (Å²) >= 11 is 0. The average Bonchev–Trinajstić information content (AvgIpc) is 3.70. The van der Waals surface area contributed by atoms with Gasteiger partial charge in [-0.1, -0.05) is 86.6 Å². The molecule has 10 rings (SSSR count). The zero-order chi connectivity index (χ0) is 35.0. The van der Waals surface area contributed by atoms with E-state index in [2.05, 4.69) is 144 Å². The Morgan fingerprint density at radius 1 is 0.615 bits per heavy atom. The van der Waals surface area contributed by atoms with Crippen LogP contribution in [0.3, 0.4) is 0 Å². The molecule has 0 amide bonds. The van der Waals surface area contributed by atoms with E-state index in [1.807, 2.05) is 48.7 Å². The summed E-state index contributed by atoms with van der Waals surface area (Å²) in [6, 6.07) is 52.9. The molecular weight excluding hydrogens is 639 g/mol. The molecule has 0 aliphatic carbocycles. The Morgan fingerprint density at radius 2 is 1.35 bits per heavy atom. The minimum absolute atomic E-state index is 0.328. The van der Waals surface area contributed by atoms with Crippen LogP contribution in [0.1, 0.15) is 25.0 Å². The number of aryl methyl sites for hydroxylation is 1. The molecule has 0 fully saturated rings. The molecule has 0 unspecified atom stereocenters. The van der Waals surface area contributed by atoms with Crippen molar-refractivity contribution < 1.29 is 4.74 Å². The van der Waals surface area contributed by atoms with E-state index >= 15 is 0 Å². The van der Waals surface area contributed by atoms with Crippen molar-refractivity contribution in [2.24, 2.45) is 7.05 Å². The number of rotatable bonds is 5. The molecule has 0 saturated heterocycles. The molecule has 6 aromatic carbocycles. The fourth-order valence-electron chi connectivity index (χ4n) is 8.22. The lowest BCUT2D eigenvalue weighted by Crippen LogP contribution is -2.31. The maximum absolute atomic E-state index is 6.60. The Balaban J connectivity index is 1.12. The number of benzene rings is 6. The van der Waals surface area contributed by atoms with Crippen molar-refractivity contribution in [3.63, 3.8) is 0 Å². The number of imidazole rings is 1. The van der Waals surface area contributed by atoms with Crippen molar-refractivity contribution >= 4 is 50.0 Å². The first-order valence-corrected chi connectivity index (χ1v) is 17.6. The van der Waals surface area contributed by atoms with Crippen molar-refractivity contribution in [2.75, 3.05) is 4.90 Å². The van der Waals surface area contributed by atoms with Crippen LogP contribution in [0.5, 0.6) is 11.5 Å². The van der Waals surface area contributed by atoms with Gasteiger partial charge in [-0.15, -0.1) is 0 Å². The van der Waals surface area contributed by atoms with E-state index < -0.39 is 0 Å². The van der Waals surface area contributed by atoms with Crippen molar-refractivity contribution in [3.8, 4) is 28.6 Å². The molecule has 0 radical (unpaired) electrons. The lowest BCUT2D eigenvalue weighted by Gasteiger charge is -2.41. The van der Waals surface area contributed by atoms with Crippen LogP contribution in [0.2, 0.25) is 0 Å². The number of fused-ring (bicyclic) bond motifs is 7. The first-order valence-electron chi connectivity index (χ1n) is 17.6. The zero-order valence-electron chi connectivity index (χ0n) is 29.2. The molecule has 6 heteroatoms. The molecule has 6 nitrogen and oxygen atoms in total. The summed E-state index contributed by atoms with van der Waals surface area (Å²) in [6.45, 7) is 4.66. The summed E-state index contributed by atoms with van der Waals surface area (Å²) < 4.78 is 11.1. The quantitative estimate of drug-likeness (QED) is 0.182. The molecular formula is C46H35N5O. The number of ether oxygens (including phenoxy) is 1. The van der Waals surface area contributed by atoms with Gasteiger partial charge in [0.15, 0.2) is 0 Å². The lowest BCUT2D eigenvalue weighted by molar-refractivity contribution is 0.483. The molecule has 0 saturated carbocycles. The minimum atomic E-state index is -0.328. The van der Waals surface area contributed by atoms with E-state index in [1.165, 1.54) is 32.9 Å². The van der Waals surface area contributed by atoms with Crippen molar-refractivity contribution in [1.29, 1.82) is 0 Å². The highest BCUT2D eigenvalue weighted by atomic mass is 16.5. The normalized spacial score (nSPS) is 13.4. The molecule has 0 spiro atoms. The fourth-order valence-corrected chi connectivity index (χ4v) is 8.22. The highest BCUT2D eigenvalue weighted by molar-refractivity contribution is 6.14. The molecule has 0 bridgehead atoms. The second kappa shape index (κ2) is 11.4. The Labute approximate surface area is 301 Å². The van der Waals surface area contributed by atoms with Gasteiger partial charge in [0, 0.05) is 52.3 Å². The van der Waals surface area contributed by atoms with Gasteiger partial charge in [-0.25, -0.2) is 9.97 Å². The topological polar surface area (TPSA) is 48.1 Å². The predicted molar refractivity (Wildman–Crippen MR) is 212 cm³/mol. The van der Waals surface area contributed by atoms with Crippen molar-refractivity contribution in [1.82, 2.24) is 19.1 Å². The van der Waals surface area contributed by atoms with Gasteiger partial charge in [-0.05, 0) is 78.4 Å². The number of nitrogens with zero attached hydrogens (tertiary/aromatic N) is 5. The Hall–Kier alpha value is -6.66. The number of hydrogen-bond acceptors (Lipinski definition) is 4. The summed E-state index contributed by atoms with van der Waals surface area (Å²) in [6.07, 6.45) is 1.89. The molecule has 9 aromatic rings. The molecule has 1 aliphatic rings. The van der Waals surface area contributed by atoms with Gasteiger partial charge in [-0.3, -0.25) is 4.90 Å². The highest BCUT2D eigenvalue weighted by Crippen LogP contribution is 2.55. The maximum Gasteiger partial charge on any atom is 0.141 e. The van der Waals surface area contributed by atoms with Gasteiger partial charge in [0.2, 0.25) is 0 Å². The number of anilines is 3. The Kier molecular flexibility index (Phi) is 6.64. The second-order valence-corrected chi connectivity index (χ2v) is 14.0. The van der Waals surface area contributed by atoms with Gasteiger partial charge in [0.25, 0.3) is 0 Å².